The number of nitrogens with two attached hydrogens (primary N) is 1. The SMILES string of the molecule is CCNC(=O)C(C)Oc1ccccc1[C@@H](C)N. The van der Waals surface area contributed by atoms with Crippen molar-refractivity contribution in [3.05, 3.63) is 29.8 Å². The molecule has 0 spiro atoms. The van der Waals surface area contributed by atoms with Crippen molar-refractivity contribution in [2.45, 2.75) is 32.9 Å². The second kappa shape index (κ2) is 6.25. The van der Waals surface area contributed by atoms with E-state index in [9.17, 15) is 4.79 Å². The van der Waals surface area contributed by atoms with Crippen LogP contribution in [0.1, 0.15) is 32.4 Å². The lowest BCUT2D eigenvalue weighted by molar-refractivity contribution is -0.127. The molecule has 0 radical (unpaired) electrons. The minimum absolute atomic E-state index is 0.118. The fourth-order valence-corrected chi connectivity index (χ4v) is 1.53. The summed E-state index contributed by atoms with van der Waals surface area (Å²) in [6, 6.07) is 7.39. The molecule has 1 aromatic carbocycles. The minimum Gasteiger partial charge on any atom is -0.481 e. The summed E-state index contributed by atoms with van der Waals surface area (Å²) in [4.78, 5) is 11.6. The van der Waals surface area contributed by atoms with Crippen LogP contribution in [0.5, 0.6) is 5.75 Å². The highest BCUT2D eigenvalue weighted by molar-refractivity contribution is 5.80. The Labute approximate surface area is 102 Å². The predicted molar refractivity (Wildman–Crippen MR) is 67.8 cm³/mol. The third-order valence-corrected chi connectivity index (χ3v) is 2.43. The van der Waals surface area contributed by atoms with Crippen molar-refractivity contribution in [3.63, 3.8) is 0 Å². The summed E-state index contributed by atoms with van der Waals surface area (Å²) in [5.41, 5.74) is 6.75. The zero-order chi connectivity index (χ0) is 12.8. The highest BCUT2D eigenvalue weighted by atomic mass is 16.5. The van der Waals surface area contributed by atoms with Crippen molar-refractivity contribution in [1.82, 2.24) is 5.32 Å². The van der Waals surface area contributed by atoms with Gasteiger partial charge in [0.25, 0.3) is 5.91 Å². The van der Waals surface area contributed by atoms with Crippen LogP contribution < -0.4 is 15.8 Å². The number of amides is 1. The van der Waals surface area contributed by atoms with Crippen LogP contribution in [0.2, 0.25) is 0 Å². The van der Waals surface area contributed by atoms with E-state index < -0.39 is 6.10 Å². The summed E-state index contributed by atoms with van der Waals surface area (Å²) in [5.74, 6) is 0.549. The molecule has 17 heavy (non-hydrogen) atoms. The first-order valence-electron chi connectivity index (χ1n) is 5.85. The van der Waals surface area contributed by atoms with E-state index in [2.05, 4.69) is 5.32 Å². The number of hydrogen-bond donors (Lipinski definition) is 2. The Kier molecular flexibility index (Phi) is 4.97. The normalized spacial score (nSPS) is 13.9. The lowest BCUT2D eigenvalue weighted by Gasteiger charge is -2.18. The molecule has 1 rings (SSSR count). The van der Waals surface area contributed by atoms with E-state index in [0.29, 0.717) is 12.3 Å². The van der Waals surface area contributed by atoms with Gasteiger partial charge in [-0.05, 0) is 26.8 Å². The Morgan fingerprint density at radius 1 is 1.41 bits per heavy atom. The van der Waals surface area contributed by atoms with Gasteiger partial charge in [0.1, 0.15) is 5.75 Å². The molecule has 0 fully saturated rings. The molecule has 0 bridgehead atoms. The molecule has 1 aromatic rings. The van der Waals surface area contributed by atoms with E-state index in [4.69, 9.17) is 10.5 Å². The molecule has 4 heteroatoms. The van der Waals surface area contributed by atoms with Gasteiger partial charge < -0.3 is 15.8 Å². The summed E-state index contributed by atoms with van der Waals surface area (Å²) in [6.45, 7) is 6.09. The first-order valence-corrected chi connectivity index (χ1v) is 5.85. The minimum atomic E-state index is -0.519. The van der Waals surface area contributed by atoms with Gasteiger partial charge in [-0.25, -0.2) is 0 Å². The van der Waals surface area contributed by atoms with Gasteiger partial charge in [0, 0.05) is 18.2 Å². The maximum atomic E-state index is 11.6. The smallest absolute Gasteiger partial charge is 0.260 e. The number of rotatable bonds is 5. The van der Waals surface area contributed by atoms with Crippen molar-refractivity contribution in [3.8, 4) is 5.75 Å². The van der Waals surface area contributed by atoms with Gasteiger partial charge in [-0.3, -0.25) is 4.79 Å². The van der Waals surface area contributed by atoms with Crippen LogP contribution in [0.3, 0.4) is 0 Å². The van der Waals surface area contributed by atoms with Crippen molar-refractivity contribution in [2.24, 2.45) is 5.73 Å². The van der Waals surface area contributed by atoms with Gasteiger partial charge in [-0.15, -0.1) is 0 Å². The third kappa shape index (κ3) is 3.75. The average molecular weight is 236 g/mol. The van der Waals surface area contributed by atoms with E-state index in [1.54, 1.807) is 6.92 Å². The summed E-state index contributed by atoms with van der Waals surface area (Å²) >= 11 is 0. The monoisotopic (exact) mass is 236 g/mol. The molecule has 0 saturated carbocycles. The Bertz CT molecular complexity index is 377. The van der Waals surface area contributed by atoms with Gasteiger partial charge in [-0.1, -0.05) is 18.2 Å². The first kappa shape index (κ1) is 13.5. The molecule has 94 valence electrons. The number of hydrogen-bond acceptors (Lipinski definition) is 3. The molecule has 0 aliphatic heterocycles. The molecule has 0 aliphatic carbocycles. The molecule has 0 saturated heterocycles. The van der Waals surface area contributed by atoms with Gasteiger partial charge >= 0.3 is 0 Å². The molecule has 1 amide bonds. The molecule has 1 unspecified atom stereocenters. The molecule has 3 N–H and O–H groups in total. The highest BCUT2D eigenvalue weighted by Crippen LogP contribution is 2.24. The third-order valence-electron chi connectivity index (χ3n) is 2.43. The summed E-state index contributed by atoms with van der Waals surface area (Å²) < 4.78 is 5.63. The van der Waals surface area contributed by atoms with E-state index >= 15 is 0 Å². The standard InChI is InChI=1S/C13H20N2O2/c1-4-15-13(16)10(3)17-12-8-6-5-7-11(12)9(2)14/h5-10H,4,14H2,1-3H3,(H,15,16)/t9-,10?/m1/s1. The second-order valence-electron chi connectivity index (χ2n) is 3.98. The maximum Gasteiger partial charge on any atom is 0.260 e. The quantitative estimate of drug-likeness (QED) is 0.816. The fraction of sp³-hybridized carbons (Fsp3) is 0.462. The van der Waals surface area contributed by atoms with E-state index in [1.165, 1.54) is 0 Å². The van der Waals surface area contributed by atoms with Crippen molar-refractivity contribution in [2.75, 3.05) is 6.54 Å². The average Bonchev–Trinajstić information content (AvgIpc) is 2.29. The molecule has 2 atom stereocenters. The van der Waals surface area contributed by atoms with E-state index in [-0.39, 0.29) is 11.9 Å². The zero-order valence-corrected chi connectivity index (χ0v) is 10.6. The number of benzene rings is 1. The first-order chi connectivity index (χ1) is 8.06. The maximum absolute atomic E-state index is 11.6. The van der Waals surface area contributed by atoms with Crippen LogP contribution in [0.25, 0.3) is 0 Å². The second-order valence-corrected chi connectivity index (χ2v) is 3.98. The van der Waals surface area contributed by atoms with Gasteiger partial charge in [0.2, 0.25) is 0 Å². The van der Waals surface area contributed by atoms with Gasteiger partial charge in [0.05, 0.1) is 0 Å². The van der Waals surface area contributed by atoms with Crippen LogP contribution >= 0.6 is 0 Å². The number of para-hydroxylation sites is 1. The Hall–Kier alpha value is -1.55. The van der Waals surface area contributed by atoms with Crippen LogP contribution in [-0.2, 0) is 4.79 Å². The largest absolute Gasteiger partial charge is 0.481 e. The summed E-state index contributed by atoms with van der Waals surface area (Å²) in [7, 11) is 0. The number of likely N-dealkylation sites (N-methyl/N-ethyl adjacent to an activating group) is 1. The van der Waals surface area contributed by atoms with Crippen molar-refractivity contribution < 1.29 is 9.53 Å². The lowest BCUT2D eigenvalue weighted by atomic mass is 10.1. The Morgan fingerprint density at radius 3 is 2.65 bits per heavy atom. The molecule has 0 aromatic heterocycles. The molecular weight excluding hydrogens is 216 g/mol. The fourth-order valence-electron chi connectivity index (χ4n) is 1.53. The van der Waals surface area contributed by atoms with Gasteiger partial charge in [-0.2, -0.15) is 0 Å². The summed E-state index contributed by atoms with van der Waals surface area (Å²) in [5, 5.41) is 2.72. The number of carbonyl (C=O) groups excluding carboxylic acids is 1. The van der Waals surface area contributed by atoms with Crippen LogP contribution in [-0.4, -0.2) is 18.6 Å². The lowest BCUT2D eigenvalue weighted by Crippen LogP contribution is -2.36. The molecule has 0 heterocycles. The van der Waals surface area contributed by atoms with E-state index in [1.807, 2.05) is 38.1 Å². The summed E-state index contributed by atoms with van der Waals surface area (Å²) in [6.07, 6.45) is -0.519. The molecule has 0 aliphatic rings. The topological polar surface area (TPSA) is 64.3 Å². The van der Waals surface area contributed by atoms with Crippen LogP contribution in [0.15, 0.2) is 24.3 Å². The van der Waals surface area contributed by atoms with Gasteiger partial charge in [0.15, 0.2) is 6.10 Å². The number of ether oxygens (including phenoxy) is 1. The molecular formula is C13H20N2O2. The van der Waals surface area contributed by atoms with Crippen molar-refractivity contribution in [1.29, 1.82) is 0 Å². The highest BCUT2D eigenvalue weighted by Gasteiger charge is 2.16. The number of nitrogens with one attached hydrogen (secondary N) is 1. The van der Waals surface area contributed by atoms with Crippen molar-refractivity contribution >= 4 is 5.91 Å². The number of carbonyl (C=O) groups is 1. The Balaban J connectivity index is 2.77. The van der Waals surface area contributed by atoms with Crippen LogP contribution in [0.4, 0.5) is 0 Å². The zero-order valence-electron chi connectivity index (χ0n) is 10.6. The molecule has 4 nitrogen and oxygen atoms in total. The Morgan fingerprint density at radius 2 is 2.06 bits per heavy atom. The van der Waals surface area contributed by atoms with E-state index in [0.717, 1.165) is 5.56 Å². The van der Waals surface area contributed by atoms with Crippen LogP contribution in [0, 0.1) is 0 Å². The predicted octanol–water partition coefficient (Wildman–Crippen LogP) is 1.61.